The van der Waals surface area contributed by atoms with Crippen molar-refractivity contribution in [2.45, 2.75) is 20.4 Å². The molecule has 4 heteroatoms. The molecule has 2 nitrogen and oxygen atoms in total. The van der Waals surface area contributed by atoms with E-state index in [0.29, 0.717) is 0 Å². The van der Waals surface area contributed by atoms with E-state index >= 15 is 0 Å². The fourth-order valence-electron chi connectivity index (χ4n) is 1.84. The first-order valence-corrected chi connectivity index (χ1v) is 7.34. The van der Waals surface area contributed by atoms with Crippen LogP contribution in [0.25, 0.3) is 0 Å². The van der Waals surface area contributed by atoms with Gasteiger partial charge in [-0.15, -0.1) is 11.3 Å². The molecule has 0 aliphatic rings. The van der Waals surface area contributed by atoms with Gasteiger partial charge in [0.15, 0.2) is 0 Å². The quantitative estimate of drug-likeness (QED) is 0.875. The van der Waals surface area contributed by atoms with Crippen molar-refractivity contribution in [2.75, 3.05) is 12.4 Å². The standard InChI is InChI=1S/C14H16BrNOS/c1-9-4-11(10(2)18-9)8-16-13-5-12(15)6-14(7-13)17-3/h4-7,16H,8H2,1-3H3. The molecule has 0 aliphatic heterocycles. The molecular formula is C14H16BrNOS. The van der Waals surface area contributed by atoms with E-state index in [2.05, 4.69) is 47.2 Å². The van der Waals surface area contributed by atoms with Crippen molar-refractivity contribution in [3.63, 3.8) is 0 Å². The molecule has 0 fully saturated rings. The average molecular weight is 326 g/mol. The van der Waals surface area contributed by atoms with E-state index in [0.717, 1.165) is 22.5 Å². The van der Waals surface area contributed by atoms with Crippen LogP contribution in [-0.4, -0.2) is 7.11 Å². The molecule has 1 N–H and O–H groups in total. The number of hydrogen-bond donors (Lipinski definition) is 1. The highest BCUT2D eigenvalue weighted by Gasteiger charge is 2.04. The van der Waals surface area contributed by atoms with Crippen LogP contribution in [0.4, 0.5) is 5.69 Å². The van der Waals surface area contributed by atoms with Gasteiger partial charge in [-0.1, -0.05) is 15.9 Å². The fraction of sp³-hybridized carbons (Fsp3) is 0.286. The van der Waals surface area contributed by atoms with Crippen molar-refractivity contribution < 1.29 is 4.74 Å². The summed E-state index contributed by atoms with van der Waals surface area (Å²) in [6.07, 6.45) is 0. The van der Waals surface area contributed by atoms with E-state index < -0.39 is 0 Å². The van der Waals surface area contributed by atoms with Gasteiger partial charge in [-0.05, 0) is 37.6 Å². The lowest BCUT2D eigenvalue weighted by Gasteiger charge is -2.09. The Kier molecular flexibility index (Phi) is 4.30. The molecule has 2 aromatic rings. The third kappa shape index (κ3) is 3.27. The number of methoxy groups -OCH3 is 1. The molecule has 0 radical (unpaired) electrons. The molecule has 96 valence electrons. The monoisotopic (exact) mass is 325 g/mol. The highest BCUT2D eigenvalue weighted by atomic mass is 79.9. The summed E-state index contributed by atoms with van der Waals surface area (Å²) in [5.74, 6) is 0.852. The molecule has 0 bridgehead atoms. The highest BCUT2D eigenvalue weighted by Crippen LogP contribution is 2.26. The van der Waals surface area contributed by atoms with Gasteiger partial charge in [-0.2, -0.15) is 0 Å². The fourth-order valence-corrected chi connectivity index (χ4v) is 3.26. The number of anilines is 1. The molecule has 0 spiro atoms. The van der Waals surface area contributed by atoms with Gasteiger partial charge in [0.1, 0.15) is 5.75 Å². The summed E-state index contributed by atoms with van der Waals surface area (Å²) < 4.78 is 6.26. The van der Waals surface area contributed by atoms with E-state index in [1.165, 1.54) is 15.3 Å². The molecule has 0 saturated carbocycles. The molecule has 0 amide bonds. The Hall–Kier alpha value is -1.00. The first-order chi connectivity index (χ1) is 8.58. The van der Waals surface area contributed by atoms with Crippen LogP contribution in [0.5, 0.6) is 5.75 Å². The van der Waals surface area contributed by atoms with E-state index in [4.69, 9.17) is 4.74 Å². The van der Waals surface area contributed by atoms with Crippen molar-refractivity contribution in [1.82, 2.24) is 0 Å². The van der Waals surface area contributed by atoms with Crippen LogP contribution in [0, 0.1) is 13.8 Å². The lowest BCUT2D eigenvalue weighted by molar-refractivity contribution is 0.414. The lowest BCUT2D eigenvalue weighted by Crippen LogP contribution is -1.99. The number of benzene rings is 1. The minimum Gasteiger partial charge on any atom is -0.497 e. The van der Waals surface area contributed by atoms with E-state index in [1.807, 2.05) is 23.5 Å². The number of rotatable bonds is 4. The van der Waals surface area contributed by atoms with Crippen molar-refractivity contribution in [3.05, 3.63) is 44.1 Å². The maximum atomic E-state index is 5.25. The van der Waals surface area contributed by atoms with Crippen LogP contribution in [0.1, 0.15) is 15.3 Å². The second-order valence-electron chi connectivity index (χ2n) is 4.17. The molecule has 1 aromatic carbocycles. The summed E-state index contributed by atoms with van der Waals surface area (Å²) in [6, 6.07) is 8.24. The van der Waals surface area contributed by atoms with Crippen LogP contribution in [0.2, 0.25) is 0 Å². The van der Waals surface area contributed by atoms with Crippen molar-refractivity contribution >= 4 is 33.0 Å². The van der Waals surface area contributed by atoms with E-state index in [1.54, 1.807) is 7.11 Å². The Morgan fingerprint density at radius 3 is 2.61 bits per heavy atom. The predicted molar refractivity (Wildman–Crippen MR) is 81.8 cm³/mol. The van der Waals surface area contributed by atoms with E-state index in [9.17, 15) is 0 Å². The summed E-state index contributed by atoms with van der Waals surface area (Å²) >= 11 is 5.32. The third-order valence-corrected chi connectivity index (χ3v) is 4.20. The van der Waals surface area contributed by atoms with Gasteiger partial charge in [0.2, 0.25) is 0 Å². The smallest absolute Gasteiger partial charge is 0.122 e. The van der Waals surface area contributed by atoms with Gasteiger partial charge >= 0.3 is 0 Å². The first-order valence-electron chi connectivity index (χ1n) is 5.73. The number of aryl methyl sites for hydroxylation is 2. The normalized spacial score (nSPS) is 10.4. The Bertz CT molecular complexity index is 551. The summed E-state index contributed by atoms with van der Waals surface area (Å²) in [5.41, 5.74) is 2.42. The zero-order valence-electron chi connectivity index (χ0n) is 10.7. The Labute approximate surface area is 120 Å². The van der Waals surface area contributed by atoms with Crippen LogP contribution in [0.3, 0.4) is 0 Å². The van der Waals surface area contributed by atoms with Crippen LogP contribution >= 0.6 is 27.3 Å². The SMILES string of the molecule is COc1cc(Br)cc(NCc2cc(C)sc2C)c1. The second-order valence-corrected chi connectivity index (χ2v) is 6.55. The summed E-state index contributed by atoms with van der Waals surface area (Å²) in [6.45, 7) is 5.15. The van der Waals surface area contributed by atoms with Crippen molar-refractivity contribution in [1.29, 1.82) is 0 Å². The van der Waals surface area contributed by atoms with Gasteiger partial charge < -0.3 is 10.1 Å². The Morgan fingerprint density at radius 2 is 2.00 bits per heavy atom. The molecule has 18 heavy (non-hydrogen) atoms. The predicted octanol–water partition coefficient (Wildman–Crippen LogP) is 4.75. The average Bonchev–Trinajstić information content (AvgIpc) is 2.64. The largest absolute Gasteiger partial charge is 0.497 e. The number of halogens is 1. The topological polar surface area (TPSA) is 21.3 Å². The Morgan fingerprint density at radius 1 is 1.22 bits per heavy atom. The molecule has 0 aliphatic carbocycles. The second kappa shape index (κ2) is 5.76. The number of nitrogens with one attached hydrogen (secondary N) is 1. The molecule has 0 unspecified atom stereocenters. The summed E-state index contributed by atoms with van der Waals surface area (Å²) in [4.78, 5) is 2.73. The van der Waals surface area contributed by atoms with Crippen LogP contribution < -0.4 is 10.1 Å². The van der Waals surface area contributed by atoms with Gasteiger partial charge in [0, 0.05) is 32.5 Å². The Balaban J connectivity index is 2.10. The number of thiophene rings is 1. The zero-order chi connectivity index (χ0) is 13.1. The van der Waals surface area contributed by atoms with Crippen LogP contribution in [-0.2, 0) is 6.54 Å². The van der Waals surface area contributed by atoms with Crippen molar-refractivity contribution in [2.24, 2.45) is 0 Å². The molecule has 1 heterocycles. The maximum Gasteiger partial charge on any atom is 0.122 e. The first kappa shape index (κ1) is 13.4. The lowest BCUT2D eigenvalue weighted by atomic mass is 10.2. The molecule has 0 atom stereocenters. The third-order valence-electron chi connectivity index (χ3n) is 2.73. The molecule has 1 aromatic heterocycles. The molecule has 0 saturated heterocycles. The summed E-state index contributed by atoms with van der Waals surface area (Å²) in [7, 11) is 1.68. The summed E-state index contributed by atoms with van der Waals surface area (Å²) in [5, 5.41) is 3.43. The minimum atomic E-state index is 0.843. The van der Waals surface area contributed by atoms with Gasteiger partial charge in [-0.3, -0.25) is 0 Å². The molecule has 2 rings (SSSR count). The number of ether oxygens (including phenoxy) is 1. The van der Waals surface area contributed by atoms with Gasteiger partial charge in [0.05, 0.1) is 7.11 Å². The van der Waals surface area contributed by atoms with E-state index in [-0.39, 0.29) is 0 Å². The van der Waals surface area contributed by atoms with Crippen molar-refractivity contribution in [3.8, 4) is 5.75 Å². The number of hydrogen-bond acceptors (Lipinski definition) is 3. The minimum absolute atomic E-state index is 0.843. The maximum absolute atomic E-state index is 5.25. The van der Waals surface area contributed by atoms with Crippen LogP contribution in [0.15, 0.2) is 28.7 Å². The highest BCUT2D eigenvalue weighted by molar-refractivity contribution is 9.10. The van der Waals surface area contributed by atoms with Gasteiger partial charge in [-0.25, -0.2) is 0 Å². The molecular weight excluding hydrogens is 310 g/mol. The van der Waals surface area contributed by atoms with Gasteiger partial charge in [0.25, 0.3) is 0 Å². The zero-order valence-corrected chi connectivity index (χ0v) is 13.1.